The van der Waals surface area contributed by atoms with Crippen LogP contribution < -0.4 is 5.73 Å². The second-order valence-electron chi connectivity index (χ2n) is 5.00. The Hall–Kier alpha value is -0.0800. The third kappa shape index (κ3) is 1.62. The van der Waals surface area contributed by atoms with Crippen molar-refractivity contribution in [3.63, 3.8) is 0 Å². The molecule has 0 aliphatic carbocycles. The third-order valence-electron chi connectivity index (χ3n) is 3.82. The van der Waals surface area contributed by atoms with Crippen molar-refractivity contribution in [3.8, 4) is 0 Å². The van der Waals surface area contributed by atoms with E-state index in [1.807, 2.05) is 0 Å². The minimum absolute atomic E-state index is 0.733. The van der Waals surface area contributed by atoms with Crippen molar-refractivity contribution in [1.82, 2.24) is 4.90 Å². The summed E-state index contributed by atoms with van der Waals surface area (Å²) in [6.07, 6.45) is 5.54. The van der Waals surface area contributed by atoms with Crippen LogP contribution in [0, 0.1) is 5.92 Å². The van der Waals surface area contributed by atoms with E-state index in [9.17, 15) is 0 Å². The minimum atomic E-state index is 0.733. The van der Waals surface area contributed by atoms with Crippen LogP contribution in [0.5, 0.6) is 0 Å². The summed E-state index contributed by atoms with van der Waals surface area (Å²) >= 11 is 0. The Balaban J connectivity index is 2.04. The quantitative estimate of drug-likeness (QED) is 0.703. The Morgan fingerprint density at radius 1 is 1.23 bits per heavy atom. The number of hydrogen-bond acceptors (Lipinski definition) is 2. The average Bonchev–Trinajstić information content (AvgIpc) is 2.37. The summed E-state index contributed by atoms with van der Waals surface area (Å²) in [6, 6.07) is 2.44. The van der Waals surface area contributed by atoms with Gasteiger partial charge in [0.1, 0.15) is 0 Å². The Labute approximate surface area is 81.5 Å². The molecule has 0 aromatic heterocycles. The molecule has 13 heavy (non-hydrogen) atoms. The van der Waals surface area contributed by atoms with Crippen molar-refractivity contribution >= 4 is 0 Å². The summed E-state index contributed by atoms with van der Waals surface area (Å²) < 4.78 is 0. The number of hydrogen-bond donors (Lipinski definition) is 1. The summed E-state index contributed by atoms with van der Waals surface area (Å²) in [5.41, 5.74) is 5.76. The summed E-state index contributed by atoms with van der Waals surface area (Å²) in [6.45, 7) is 5.56. The maximum absolute atomic E-state index is 5.76. The third-order valence-corrected chi connectivity index (χ3v) is 3.82. The van der Waals surface area contributed by atoms with Crippen LogP contribution in [0.1, 0.15) is 39.5 Å². The Morgan fingerprint density at radius 3 is 2.15 bits per heavy atom. The molecule has 2 bridgehead atoms. The largest absolute Gasteiger partial charge is 0.330 e. The smallest absolute Gasteiger partial charge is 0.0105 e. The van der Waals surface area contributed by atoms with Crippen LogP contribution in [-0.2, 0) is 0 Å². The predicted octanol–water partition coefficient (Wildman–Crippen LogP) is 1.60. The summed E-state index contributed by atoms with van der Waals surface area (Å²) in [7, 11) is 0. The molecular formula is C11H22N2. The van der Waals surface area contributed by atoms with Gasteiger partial charge < -0.3 is 5.73 Å². The van der Waals surface area contributed by atoms with Crippen molar-refractivity contribution in [1.29, 1.82) is 0 Å². The van der Waals surface area contributed by atoms with Gasteiger partial charge in [0.2, 0.25) is 0 Å². The molecule has 2 saturated heterocycles. The van der Waals surface area contributed by atoms with Gasteiger partial charge in [-0.1, -0.05) is 0 Å². The van der Waals surface area contributed by atoms with Crippen LogP contribution in [0.25, 0.3) is 0 Å². The minimum Gasteiger partial charge on any atom is -0.330 e. The first-order valence-electron chi connectivity index (χ1n) is 5.70. The van der Waals surface area contributed by atoms with Gasteiger partial charge in [-0.15, -0.1) is 0 Å². The molecule has 2 rings (SSSR count). The molecule has 2 N–H and O–H groups in total. The molecule has 2 fully saturated rings. The Bertz CT molecular complexity index is 165. The SMILES string of the molecule is CC(C)N1[C@H]2CC[C@H]1CC(CN)C2. The normalized spacial score (nSPS) is 40.2. The van der Waals surface area contributed by atoms with Gasteiger partial charge in [-0.2, -0.15) is 0 Å². The van der Waals surface area contributed by atoms with Gasteiger partial charge in [-0.05, 0) is 52.0 Å². The molecule has 2 aliphatic heterocycles. The molecule has 2 aliphatic rings. The molecule has 0 aromatic carbocycles. The lowest BCUT2D eigenvalue weighted by Crippen LogP contribution is -2.47. The van der Waals surface area contributed by atoms with E-state index in [1.54, 1.807) is 0 Å². The molecule has 0 amide bonds. The molecule has 0 unspecified atom stereocenters. The number of nitrogens with two attached hydrogens (primary N) is 1. The highest BCUT2D eigenvalue weighted by Gasteiger charge is 2.40. The molecule has 76 valence electrons. The van der Waals surface area contributed by atoms with Gasteiger partial charge in [-0.25, -0.2) is 0 Å². The summed E-state index contributed by atoms with van der Waals surface area (Å²) in [4.78, 5) is 2.73. The van der Waals surface area contributed by atoms with Crippen LogP contribution in [0.4, 0.5) is 0 Å². The fourth-order valence-electron chi connectivity index (χ4n) is 3.36. The van der Waals surface area contributed by atoms with Gasteiger partial charge in [-0.3, -0.25) is 4.90 Å². The van der Waals surface area contributed by atoms with Gasteiger partial charge >= 0.3 is 0 Å². The lowest BCUT2D eigenvalue weighted by Gasteiger charge is -2.41. The zero-order chi connectivity index (χ0) is 9.42. The first-order chi connectivity index (χ1) is 6.22. The highest BCUT2D eigenvalue weighted by molar-refractivity contribution is 4.96. The fourth-order valence-corrected chi connectivity index (χ4v) is 3.36. The van der Waals surface area contributed by atoms with E-state index in [2.05, 4.69) is 18.7 Å². The summed E-state index contributed by atoms with van der Waals surface area (Å²) in [5.74, 6) is 0.812. The molecule has 2 nitrogen and oxygen atoms in total. The lowest BCUT2D eigenvalue weighted by atomic mass is 9.90. The van der Waals surface area contributed by atoms with E-state index < -0.39 is 0 Å². The molecule has 0 spiro atoms. The Morgan fingerprint density at radius 2 is 1.77 bits per heavy atom. The molecule has 2 heterocycles. The van der Waals surface area contributed by atoms with E-state index in [0.717, 1.165) is 30.6 Å². The first-order valence-corrected chi connectivity index (χ1v) is 5.70. The monoisotopic (exact) mass is 182 g/mol. The topological polar surface area (TPSA) is 29.3 Å². The zero-order valence-corrected chi connectivity index (χ0v) is 8.87. The summed E-state index contributed by atoms with van der Waals surface area (Å²) in [5, 5.41) is 0. The molecular weight excluding hydrogens is 160 g/mol. The second-order valence-corrected chi connectivity index (χ2v) is 5.00. The van der Waals surface area contributed by atoms with E-state index in [1.165, 1.54) is 25.7 Å². The first kappa shape index (κ1) is 9.47. The lowest BCUT2D eigenvalue weighted by molar-refractivity contribution is 0.0758. The van der Waals surface area contributed by atoms with Gasteiger partial charge in [0.25, 0.3) is 0 Å². The van der Waals surface area contributed by atoms with Crippen molar-refractivity contribution in [2.75, 3.05) is 6.54 Å². The van der Waals surface area contributed by atoms with E-state index in [4.69, 9.17) is 5.73 Å². The van der Waals surface area contributed by atoms with Gasteiger partial charge in [0.15, 0.2) is 0 Å². The number of fused-ring (bicyclic) bond motifs is 2. The fraction of sp³-hybridized carbons (Fsp3) is 1.00. The van der Waals surface area contributed by atoms with Crippen molar-refractivity contribution in [2.24, 2.45) is 11.7 Å². The van der Waals surface area contributed by atoms with Crippen LogP contribution in [0.2, 0.25) is 0 Å². The highest BCUT2D eigenvalue weighted by atomic mass is 15.2. The predicted molar refractivity (Wildman–Crippen MR) is 55.6 cm³/mol. The van der Waals surface area contributed by atoms with E-state index in [-0.39, 0.29) is 0 Å². The van der Waals surface area contributed by atoms with Crippen LogP contribution in [0.15, 0.2) is 0 Å². The van der Waals surface area contributed by atoms with Gasteiger partial charge in [0, 0.05) is 18.1 Å². The number of rotatable bonds is 2. The standard InChI is InChI=1S/C11H22N2/c1-8(2)13-10-3-4-11(13)6-9(5-10)7-12/h8-11H,3-7,12H2,1-2H3/t10-,11-/m0/s1. The van der Waals surface area contributed by atoms with Crippen molar-refractivity contribution < 1.29 is 0 Å². The second kappa shape index (κ2) is 3.58. The van der Waals surface area contributed by atoms with Crippen LogP contribution >= 0.6 is 0 Å². The van der Waals surface area contributed by atoms with Crippen molar-refractivity contribution in [2.45, 2.75) is 57.7 Å². The van der Waals surface area contributed by atoms with Crippen LogP contribution in [-0.4, -0.2) is 29.6 Å². The van der Waals surface area contributed by atoms with E-state index >= 15 is 0 Å². The van der Waals surface area contributed by atoms with E-state index in [0.29, 0.717) is 0 Å². The number of piperidine rings is 1. The maximum Gasteiger partial charge on any atom is 0.0105 e. The molecule has 2 heteroatoms. The van der Waals surface area contributed by atoms with Gasteiger partial charge in [0.05, 0.1) is 0 Å². The average molecular weight is 182 g/mol. The van der Waals surface area contributed by atoms with Crippen LogP contribution in [0.3, 0.4) is 0 Å². The molecule has 0 saturated carbocycles. The Kier molecular flexibility index (Phi) is 2.61. The molecule has 0 aromatic rings. The van der Waals surface area contributed by atoms with Crippen molar-refractivity contribution in [3.05, 3.63) is 0 Å². The maximum atomic E-state index is 5.76. The zero-order valence-electron chi connectivity index (χ0n) is 8.87. The molecule has 2 atom stereocenters. The highest BCUT2D eigenvalue weighted by Crippen LogP contribution is 2.39. The molecule has 0 radical (unpaired) electrons. The number of nitrogens with zero attached hydrogens (tertiary/aromatic N) is 1.